The van der Waals surface area contributed by atoms with Crippen molar-refractivity contribution in [2.24, 2.45) is 5.11 Å². The maximum Gasteiger partial charge on any atom is 0.457 e. The van der Waals surface area contributed by atoms with E-state index in [1.807, 2.05) is 27.7 Å². The standard InChI is InChI=1S/C10H20BN3O2/c1-9(2)10(3,4)16-11(15-9)7-5-6-8-13-14-12/h5-8H2,1-4H3. The molecule has 1 aliphatic heterocycles. The van der Waals surface area contributed by atoms with E-state index in [4.69, 9.17) is 14.8 Å². The molecule has 0 radical (unpaired) electrons. The van der Waals surface area contributed by atoms with Gasteiger partial charge in [-0.1, -0.05) is 11.5 Å². The first kappa shape index (κ1) is 13.4. The summed E-state index contributed by atoms with van der Waals surface area (Å²) in [5, 5.41) is 3.49. The Kier molecular flexibility index (Phi) is 4.24. The maximum atomic E-state index is 8.12. The van der Waals surface area contributed by atoms with Gasteiger partial charge in [-0.3, -0.25) is 0 Å². The molecule has 0 unspecified atom stereocenters. The van der Waals surface area contributed by atoms with Gasteiger partial charge >= 0.3 is 7.12 Å². The highest BCUT2D eigenvalue weighted by atomic mass is 16.7. The van der Waals surface area contributed by atoms with Gasteiger partial charge in [0.25, 0.3) is 0 Å². The predicted molar refractivity (Wildman–Crippen MR) is 64.1 cm³/mol. The Balaban J connectivity index is 2.29. The van der Waals surface area contributed by atoms with Crippen molar-refractivity contribution >= 4 is 7.12 Å². The Morgan fingerprint density at radius 3 is 2.19 bits per heavy atom. The van der Waals surface area contributed by atoms with Crippen LogP contribution in [0.5, 0.6) is 0 Å². The Labute approximate surface area is 97.3 Å². The topological polar surface area (TPSA) is 67.2 Å². The lowest BCUT2D eigenvalue weighted by Crippen LogP contribution is -2.41. The van der Waals surface area contributed by atoms with Crippen LogP contribution in [0.15, 0.2) is 5.11 Å². The summed E-state index contributed by atoms with van der Waals surface area (Å²) in [6, 6.07) is 0. The highest BCUT2D eigenvalue weighted by molar-refractivity contribution is 6.45. The molecule has 16 heavy (non-hydrogen) atoms. The van der Waals surface area contributed by atoms with Gasteiger partial charge in [-0.15, -0.1) is 0 Å². The smallest absolute Gasteiger partial charge is 0.403 e. The fraction of sp³-hybridized carbons (Fsp3) is 1.00. The molecule has 0 saturated carbocycles. The largest absolute Gasteiger partial charge is 0.457 e. The molecule has 0 aromatic carbocycles. The fourth-order valence-electron chi connectivity index (χ4n) is 1.62. The minimum atomic E-state index is -0.248. The first-order valence-corrected chi connectivity index (χ1v) is 5.75. The molecule has 5 nitrogen and oxygen atoms in total. The maximum absolute atomic E-state index is 8.12. The minimum absolute atomic E-state index is 0.129. The second-order valence-electron chi connectivity index (χ2n) is 5.14. The summed E-state index contributed by atoms with van der Waals surface area (Å²) in [5.41, 5.74) is 7.63. The van der Waals surface area contributed by atoms with E-state index in [9.17, 15) is 0 Å². The molecular formula is C10H20BN3O2. The lowest BCUT2D eigenvalue weighted by atomic mass is 9.82. The molecule has 0 atom stereocenters. The molecule has 1 fully saturated rings. The Hall–Kier alpha value is -0.705. The summed E-state index contributed by atoms with van der Waals surface area (Å²) in [6.45, 7) is 8.75. The highest BCUT2D eigenvalue weighted by Gasteiger charge is 2.50. The third-order valence-corrected chi connectivity index (χ3v) is 3.31. The van der Waals surface area contributed by atoms with E-state index in [0.29, 0.717) is 6.54 Å². The van der Waals surface area contributed by atoms with Crippen LogP contribution >= 0.6 is 0 Å². The third kappa shape index (κ3) is 3.14. The zero-order chi connectivity index (χ0) is 12.2. The Morgan fingerprint density at radius 1 is 1.12 bits per heavy atom. The second-order valence-corrected chi connectivity index (χ2v) is 5.14. The first-order chi connectivity index (χ1) is 7.39. The number of rotatable bonds is 5. The van der Waals surface area contributed by atoms with Gasteiger partial charge in [-0.2, -0.15) is 0 Å². The van der Waals surface area contributed by atoms with Crippen molar-refractivity contribution in [3.8, 4) is 0 Å². The average Bonchev–Trinajstić information content (AvgIpc) is 2.35. The van der Waals surface area contributed by atoms with Gasteiger partial charge in [-0.25, -0.2) is 0 Å². The van der Waals surface area contributed by atoms with Crippen LogP contribution in [0.25, 0.3) is 10.4 Å². The number of hydrogen-bond donors (Lipinski definition) is 0. The molecule has 0 amide bonds. The summed E-state index contributed by atoms with van der Waals surface area (Å²) in [6.07, 6.45) is 2.69. The summed E-state index contributed by atoms with van der Waals surface area (Å²) in [4.78, 5) is 2.71. The average molecular weight is 225 g/mol. The number of azide groups is 1. The van der Waals surface area contributed by atoms with E-state index in [1.54, 1.807) is 0 Å². The Bertz CT molecular complexity index is 272. The van der Waals surface area contributed by atoms with Gasteiger partial charge in [0.15, 0.2) is 0 Å². The van der Waals surface area contributed by atoms with E-state index >= 15 is 0 Å². The molecule has 0 aromatic rings. The quantitative estimate of drug-likeness (QED) is 0.237. The van der Waals surface area contributed by atoms with Crippen LogP contribution in [0.1, 0.15) is 40.5 Å². The van der Waals surface area contributed by atoms with Crippen LogP contribution < -0.4 is 0 Å². The van der Waals surface area contributed by atoms with Crippen LogP contribution in [-0.4, -0.2) is 24.9 Å². The van der Waals surface area contributed by atoms with Crippen LogP contribution in [0.3, 0.4) is 0 Å². The molecule has 6 heteroatoms. The number of hydrogen-bond acceptors (Lipinski definition) is 3. The lowest BCUT2D eigenvalue weighted by molar-refractivity contribution is 0.00578. The third-order valence-electron chi connectivity index (χ3n) is 3.31. The van der Waals surface area contributed by atoms with E-state index in [-0.39, 0.29) is 18.3 Å². The van der Waals surface area contributed by atoms with Crippen LogP contribution in [0, 0.1) is 0 Å². The SMILES string of the molecule is CC1(C)OB(CCCCN=[N+]=[N-])OC1(C)C. The fourth-order valence-corrected chi connectivity index (χ4v) is 1.62. The van der Waals surface area contributed by atoms with Crippen molar-refractivity contribution in [1.29, 1.82) is 0 Å². The van der Waals surface area contributed by atoms with Gasteiger partial charge < -0.3 is 9.31 Å². The number of unbranched alkanes of at least 4 members (excludes halogenated alkanes) is 1. The van der Waals surface area contributed by atoms with E-state index < -0.39 is 0 Å². The molecule has 1 saturated heterocycles. The normalized spacial score (nSPS) is 21.9. The molecule has 0 spiro atoms. The zero-order valence-corrected chi connectivity index (χ0v) is 10.6. The summed E-state index contributed by atoms with van der Waals surface area (Å²) in [7, 11) is -0.129. The summed E-state index contributed by atoms with van der Waals surface area (Å²) in [5.74, 6) is 0. The Morgan fingerprint density at radius 2 is 1.69 bits per heavy atom. The van der Waals surface area contributed by atoms with Crippen LogP contribution in [-0.2, 0) is 9.31 Å². The molecule has 1 heterocycles. The lowest BCUT2D eigenvalue weighted by Gasteiger charge is -2.32. The predicted octanol–water partition coefficient (Wildman–Crippen LogP) is 3.17. The van der Waals surface area contributed by atoms with Gasteiger partial charge in [0, 0.05) is 11.5 Å². The minimum Gasteiger partial charge on any atom is -0.403 e. The van der Waals surface area contributed by atoms with Crippen molar-refractivity contribution in [3.05, 3.63) is 10.4 Å². The highest BCUT2D eigenvalue weighted by Crippen LogP contribution is 2.37. The van der Waals surface area contributed by atoms with Gasteiger partial charge in [0.1, 0.15) is 0 Å². The van der Waals surface area contributed by atoms with Gasteiger partial charge in [-0.05, 0) is 46.0 Å². The molecule has 0 bridgehead atoms. The second kappa shape index (κ2) is 5.08. The molecule has 0 aromatic heterocycles. The van der Waals surface area contributed by atoms with E-state index in [0.717, 1.165) is 19.2 Å². The van der Waals surface area contributed by atoms with E-state index in [1.165, 1.54) is 0 Å². The van der Waals surface area contributed by atoms with Crippen molar-refractivity contribution in [2.75, 3.05) is 6.54 Å². The van der Waals surface area contributed by atoms with E-state index in [2.05, 4.69) is 10.0 Å². The molecule has 1 rings (SSSR count). The van der Waals surface area contributed by atoms with Crippen LogP contribution in [0.4, 0.5) is 0 Å². The molecular weight excluding hydrogens is 205 g/mol. The van der Waals surface area contributed by atoms with Crippen molar-refractivity contribution in [1.82, 2.24) is 0 Å². The number of nitrogens with zero attached hydrogens (tertiary/aromatic N) is 3. The molecule has 0 aliphatic carbocycles. The zero-order valence-electron chi connectivity index (χ0n) is 10.6. The molecule has 90 valence electrons. The molecule has 0 N–H and O–H groups in total. The van der Waals surface area contributed by atoms with Gasteiger partial charge in [0.2, 0.25) is 0 Å². The monoisotopic (exact) mass is 225 g/mol. The molecule has 1 aliphatic rings. The van der Waals surface area contributed by atoms with Crippen LogP contribution in [0.2, 0.25) is 6.32 Å². The first-order valence-electron chi connectivity index (χ1n) is 5.75. The summed E-state index contributed by atoms with van der Waals surface area (Å²) < 4.78 is 11.7. The van der Waals surface area contributed by atoms with Crippen molar-refractivity contribution in [3.63, 3.8) is 0 Å². The van der Waals surface area contributed by atoms with Crippen molar-refractivity contribution < 1.29 is 9.31 Å². The summed E-state index contributed by atoms with van der Waals surface area (Å²) >= 11 is 0. The van der Waals surface area contributed by atoms with Gasteiger partial charge in [0.05, 0.1) is 11.2 Å². The van der Waals surface area contributed by atoms with Crippen molar-refractivity contribution in [2.45, 2.75) is 58.1 Å².